The van der Waals surface area contributed by atoms with Gasteiger partial charge in [0.15, 0.2) is 0 Å². The van der Waals surface area contributed by atoms with Crippen LogP contribution in [0.4, 0.5) is 0 Å². The molecule has 0 atom stereocenters. The van der Waals surface area contributed by atoms with E-state index in [-0.39, 0.29) is 116 Å². The first-order valence-corrected chi connectivity index (χ1v) is 4.14. The van der Waals surface area contributed by atoms with Crippen LogP contribution in [0.1, 0.15) is 19.8 Å². The van der Waals surface area contributed by atoms with Gasteiger partial charge in [-0.05, 0) is 19.8 Å². The van der Waals surface area contributed by atoms with Crippen LogP contribution in [0.3, 0.4) is 0 Å². The van der Waals surface area contributed by atoms with Crippen molar-refractivity contribution in [2.24, 2.45) is 0 Å². The zero-order valence-electron chi connectivity index (χ0n) is 10.6. The number of aliphatic hydroxyl groups is 2. The van der Waals surface area contributed by atoms with Crippen LogP contribution in [-0.4, -0.2) is 35.4 Å². The summed E-state index contributed by atoms with van der Waals surface area (Å²) in [6, 6.07) is 0. The number of rotatable bonds is 4. The van der Waals surface area contributed by atoms with Gasteiger partial charge in [0.2, 0.25) is 0 Å². The molecule has 0 rings (SSSR count). The monoisotopic (exact) mass is 298 g/mol. The van der Waals surface area contributed by atoms with Gasteiger partial charge in [-0.25, -0.2) is 0 Å². The fraction of sp³-hybridized carbons (Fsp3) is 0.556. The van der Waals surface area contributed by atoms with Crippen molar-refractivity contribution in [1.82, 2.24) is 0 Å². The van der Waals surface area contributed by atoms with Gasteiger partial charge in [0.05, 0.1) is 13.2 Å². The summed E-state index contributed by atoms with van der Waals surface area (Å²) in [6.45, 7) is 5.00. The number of aliphatic hydroxyl groups excluding tert-OH is 2. The van der Waals surface area contributed by atoms with Gasteiger partial charge < -0.3 is 30.0 Å². The van der Waals surface area contributed by atoms with Crippen LogP contribution < -0.4 is 113 Å². The van der Waals surface area contributed by atoms with Crippen molar-refractivity contribution < 1.29 is 133 Å². The van der Waals surface area contributed by atoms with Crippen LogP contribution in [0.25, 0.3) is 0 Å². The maximum absolute atomic E-state index is 9.50. The number of carbonyl (C=O) groups is 2. The topological polar surface area (TPSA) is 121 Å². The minimum atomic E-state index is -1.37. The Labute approximate surface area is 186 Å². The number of allylic oxidation sites excluding steroid dienone is 1. The molecule has 0 bridgehead atoms. The van der Waals surface area contributed by atoms with Crippen molar-refractivity contribution in [3.63, 3.8) is 0 Å². The third-order valence-electron chi connectivity index (χ3n) is 0.633. The predicted molar refractivity (Wildman–Crippen MR) is 49.3 cm³/mol. The number of carboxylic acid groups (broad SMARTS) is 2. The van der Waals surface area contributed by atoms with E-state index in [1.807, 2.05) is 6.92 Å². The van der Waals surface area contributed by atoms with E-state index in [2.05, 4.69) is 6.58 Å². The first kappa shape index (κ1) is 31.3. The molecule has 6 nitrogen and oxygen atoms in total. The summed E-state index contributed by atoms with van der Waals surface area (Å²) in [6.07, 6.45) is 0.810. The second-order valence-corrected chi connectivity index (χ2v) is 2.10. The van der Waals surface area contributed by atoms with E-state index in [9.17, 15) is 19.8 Å². The molecule has 0 aliphatic carbocycles. The second-order valence-electron chi connectivity index (χ2n) is 2.10. The minimum absolute atomic E-state index is 0. The standard InChI is InChI=1S/C4H6O4.C3H6.C2H6O2.2K/c5-3(6)1-2-4(7)8;1-3-2;3-1-2-4;;/h1-2H2,(H,5,6)(H,7,8);3H,1H2,2H3;3-4H,1-2H2;;/q;;;2*+1/p-2. The summed E-state index contributed by atoms with van der Waals surface area (Å²) < 4.78 is 0. The number of carbonyl (C=O) groups excluding carboxylic acids is 2. The Morgan fingerprint density at radius 3 is 1.29 bits per heavy atom. The molecule has 0 fully saturated rings. The van der Waals surface area contributed by atoms with Crippen molar-refractivity contribution in [1.29, 1.82) is 0 Å². The molecular formula is C9H16K2O6. The van der Waals surface area contributed by atoms with Crippen LogP contribution in [0, 0.1) is 0 Å². The average Bonchev–Trinajstić information content (AvgIpc) is 2.16. The summed E-state index contributed by atoms with van der Waals surface area (Å²) in [7, 11) is 0. The largest absolute Gasteiger partial charge is 1.00 e. The Balaban J connectivity index is -0.0000000461. The number of hydrogen-bond donors (Lipinski definition) is 2. The molecule has 0 aromatic rings. The maximum atomic E-state index is 9.50. The van der Waals surface area contributed by atoms with Gasteiger partial charge in [-0.15, -0.1) is 6.58 Å². The smallest absolute Gasteiger partial charge is 0.550 e. The van der Waals surface area contributed by atoms with Gasteiger partial charge in [-0.3, -0.25) is 0 Å². The Bertz CT molecular complexity index is 159. The predicted octanol–water partition coefficient (Wildman–Crippen LogP) is -8.56. The van der Waals surface area contributed by atoms with E-state index in [0.717, 1.165) is 0 Å². The zero-order chi connectivity index (χ0) is 12.7. The number of aliphatic carboxylic acids is 2. The molecule has 0 heterocycles. The third kappa shape index (κ3) is 72.7. The Morgan fingerprint density at radius 1 is 1.06 bits per heavy atom. The van der Waals surface area contributed by atoms with Gasteiger partial charge >= 0.3 is 103 Å². The van der Waals surface area contributed by atoms with E-state index in [1.54, 1.807) is 6.08 Å². The summed E-state index contributed by atoms with van der Waals surface area (Å²) in [4.78, 5) is 19.0. The van der Waals surface area contributed by atoms with Crippen molar-refractivity contribution in [3.05, 3.63) is 12.7 Å². The molecule has 0 saturated carbocycles. The minimum Gasteiger partial charge on any atom is -0.550 e. The van der Waals surface area contributed by atoms with Gasteiger partial charge in [0.25, 0.3) is 0 Å². The van der Waals surface area contributed by atoms with Gasteiger partial charge in [0.1, 0.15) is 0 Å². The molecule has 0 saturated heterocycles. The molecule has 0 aromatic heterocycles. The summed E-state index contributed by atoms with van der Waals surface area (Å²) in [5.74, 6) is -2.73. The summed E-state index contributed by atoms with van der Waals surface area (Å²) in [5.41, 5.74) is 0. The molecule has 90 valence electrons. The molecule has 0 spiro atoms. The van der Waals surface area contributed by atoms with Crippen molar-refractivity contribution in [2.75, 3.05) is 13.2 Å². The first-order valence-electron chi connectivity index (χ1n) is 4.14. The fourth-order valence-electron chi connectivity index (χ4n) is 0.204. The molecule has 2 N–H and O–H groups in total. The molecule has 0 unspecified atom stereocenters. The summed E-state index contributed by atoms with van der Waals surface area (Å²) in [5, 5.41) is 34.3. The number of hydrogen-bond acceptors (Lipinski definition) is 6. The molecule has 8 heteroatoms. The van der Waals surface area contributed by atoms with E-state index >= 15 is 0 Å². The van der Waals surface area contributed by atoms with Crippen LogP contribution in [0.2, 0.25) is 0 Å². The molecule has 17 heavy (non-hydrogen) atoms. The quantitative estimate of drug-likeness (QED) is 0.393. The first-order chi connectivity index (χ1) is 6.95. The van der Waals surface area contributed by atoms with Crippen molar-refractivity contribution in [2.45, 2.75) is 19.8 Å². The normalized spacial score (nSPS) is 6.53. The average molecular weight is 298 g/mol. The molecule has 0 aliphatic heterocycles. The SMILES string of the molecule is C=CC.O=C([O-])CCC(=O)[O-].OCCO.[K+].[K+]. The fourth-order valence-corrected chi connectivity index (χ4v) is 0.204. The van der Waals surface area contributed by atoms with E-state index in [1.165, 1.54) is 0 Å². The van der Waals surface area contributed by atoms with Crippen LogP contribution in [-0.2, 0) is 9.59 Å². The molecule has 0 aromatic carbocycles. The molecule has 0 aliphatic rings. The molecular weight excluding hydrogens is 282 g/mol. The van der Waals surface area contributed by atoms with Crippen LogP contribution in [0.5, 0.6) is 0 Å². The van der Waals surface area contributed by atoms with Gasteiger partial charge in [0, 0.05) is 11.9 Å². The van der Waals surface area contributed by atoms with Crippen molar-refractivity contribution in [3.8, 4) is 0 Å². The number of carboxylic acids is 2. The summed E-state index contributed by atoms with van der Waals surface area (Å²) >= 11 is 0. The third-order valence-corrected chi connectivity index (χ3v) is 0.633. The zero-order valence-corrected chi connectivity index (χ0v) is 16.9. The second kappa shape index (κ2) is 30.7. The molecule has 0 amide bonds. The van der Waals surface area contributed by atoms with Crippen molar-refractivity contribution >= 4 is 11.9 Å². The van der Waals surface area contributed by atoms with Gasteiger partial charge in [-0.2, -0.15) is 0 Å². The maximum Gasteiger partial charge on any atom is 1.00 e. The van der Waals surface area contributed by atoms with Crippen LogP contribution in [0.15, 0.2) is 12.7 Å². The van der Waals surface area contributed by atoms with E-state index in [0.29, 0.717) is 0 Å². The van der Waals surface area contributed by atoms with E-state index in [4.69, 9.17) is 10.2 Å². The Hall–Kier alpha value is 1.87. The Kier molecular flexibility index (Phi) is 56.6. The van der Waals surface area contributed by atoms with Gasteiger partial charge in [-0.1, -0.05) is 6.08 Å². The van der Waals surface area contributed by atoms with E-state index < -0.39 is 24.8 Å². The Morgan fingerprint density at radius 2 is 1.24 bits per heavy atom. The molecule has 0 radical (unpaired) electrons. The van der Waals surface area contributed by atoms with Crippen LogP contribution >= 0.6 is 0 Å².